The highest BCUT2D eigenvalue weighted by Gasteiger charge is 2.26. The second kappa shape index (κ2) is 11.2. The molecule has 0 saturated carbocycles. The predicted molar refractivity (Wildman–Crippen MR) is 117 cm³/mol. The Hall–Kier alpha value is -1.85. The molecule has 0 aliphatic heterocycles. The molecule has 0 aliphatic rings. The summed E-state index contributed by atoms with van der Waals surface area (Å²) in [5, 5.41) is 3.52. The zero-order valence-corrected chi connectivity index (χ0v) is 18.6. The van der Waals surface area contributed by atoms with Crippen molar-refractivity contribution in [2.45, 2.75) is 45.7 Å². The Kier molecular flexibility index (Phi) is 9.00. The Balaban J connectivity index is 2.17. The summed E-state index contributed by atoms with van der Waals surface area (Å²) in [6.07, 6.45) is 2.12. The van der Waals surface area contributed by atoms with Gasteiger partial charge in [-0.1, -0.05) is 65.1 Å². The molecule has 150 valence electrons. The summed E-state index contributed by atoms with van der Waals surface area (Å²) < 4.78 is 0.971. The number of benzene rings is 2. The number of halogens is 2. The zero-order valence-electron chi connectivity index (χ0n) is 16.3. The van der Waals surface area contributed by atoms with Crippen LogP contribution in [0.2, 0.25) is 5.02 Å². The van der Waals surface area contributed by atoms with Crippen molar-refractivity contribution < 1.29 is 9.59 Å². The number of unbranched alkanes of at least 4 members (excludes halogenated alkanes) is 1. The van der Waals surface area contributed by atoms with Gasteiger partial charge in [-0.2, -0.15) is 0 Å². The van der Waals surface area contributed by atoms with Crippen LogP contribution in [0.25, 0.3) is 0 Å². The first-order valence-corrected chi connectivity index (χ1v) is 10.6. The maximum atomic E-state index is 13.1. The normalized spacial score (nSPS) is 11.7. The molecule has 0 aliphatic carbocycles. The largest absolute Gasteiger partial charge is 0.354 e. The van der Waals surface area contributed by atoms with Crippen LogP contribution in [0.5, 0.6) is 0 Å². The van der Waals surface area contributed by atoms with Crippen molar-refractivity contribution in [1.82, 2.24) is 10.2 Å². The van der Waals surface area contributed by atoms with E-state index in [1.165, 1.54) is 0 Å². The van der Waals surface area contributed by atoms with Gasteiger partial charge in [-0.3, -0.25) is 9.59 Å². The van der Waals surface area contributed by atoms with Crippen molar-refractivity contribution in [3.8, 4) is 0 Å². The van der Waals surface area contributed by atoms with Crippen LogP contribution in [-0.2, 0) is 22.6 Å². The number of carbonyl (C=O) groups is 2. The van der Waals surface area contributed by atoms with Crippen LogP contribution in [-0.4, -0.2) is 29.3 Å². The molecule has 0 spiro atoms. The summed E-state index contributed by atoms with van der Waals surface area (Å²) in [4.78, 5) is 27.3. The fourth-order valence-electron chi connectivity index (χ4n) is 2.83. The van der Waals surface area contributed by atoms with E-state index in [1.54, 1.807) is 24.0 Å². The topological polar surface area (TPSA) is 49.4 Å². The fraction of sp³-hybridized carbons (Fsp3) is 0.364. The lowest BCUT2D eigenvalue weighted by Crippen LogP contribution is -2.48. The number of hydrogen-bond acceptors (Lipinski definition) is 2. The lowest BCUT2D eigenvalue weighted by Gasteiger charge is -2.29. The van der Waals surface area contributed by atoms with Crippen LogP contribution in [0.15, 0.2) is 53.0 Å². The Morgan fingerprint density at radius 1 is 1.14 bits per heavy atom. The van der Waals surface area contributed by atoms with E-state index < -0.39 is 6.04 Å². The third-order valence-corrected chi connectivity index (χ3v) is 5.27. The van der Waals surface area contributed by atoms with Gasteiger partial charge in [0.2, 0.25) is 11.8 Å². The van der Waals surface area contributed by atoms with E-state index >= 15 is 0 Å². The molecule has 1 N–H and O–H groups in total. The average Bonchev–Trinajstić information content (AvgIpc) is 2.67. The quantitative estimate of drug-likeness (QED) is 0.531. The first-order chi connectivity index (χ1) is 13.4. The van der Waals surface area contributed by atoms with Crippen LogP contribution >= 0.6 is 27.5 Å². The van der Waals surface area contributed by atoms with Crippen LogP contribution < -0.4 is 5.32 Å². The number of nitrogens with zero attached hydrogens (tertiary/aromatic N) is 1. The highest BCUT2D eigenvalue weighted by atomic mass is 79.9. The van der Waals surface area contributed by atoms with Crippen LogP contribution in [0.1, 0.15) is 37.8 Å². The number of hydrogen-bond donors (Lipinski definition) is 1. The van der Waals surface area contributed by atoms with Gasteiger partial charge in [0, 0.05) is 22.6 Å². The van der Waals surface area contributed by atoms with Gasteiger partial charge >= 0.3 is 0 Å². The van der Waals surface area contributed by atoms with Gasteiger partial charge in [0.15, 0.2) is 0 Å². The highest BCUT2D eigenvalue weighted by Crippen LogP contribution is 2.17. The molecule has 4 nitrogen and oxygen atoms in total. The average molecular weight is 466 g/mol. The molecule has 0 fully saturated rings. The molecule has 0 radical (unpaired) electrons. The van der Waals surface area contributed by atoms with Gasteiger partial charge in [-0.05, 0) is 48.7 Å². The zero-order chi connectivity index (χ0) is 20.5. The number of nitrogens with one attached hydrogen (secondary N) is 1. The molecule has 0 unspecified atom stereocenters. The lowest BCUT2D eigenvalue weighted by molar-refractivity contribution is -0.140. The van der Waals surface area contributed by atoms with Crippen molar-refractivity contribution in [3.05, 3.63) is 69.2 Å². The highest BCUT2D eigenvalue weighted by molar-refractivity contribution is 9.10. The SMILES string of the molecule is CCCCNC(=O)[C@@H](C)N(Cc1ccc(Br)cc1)C(=O)Cc1cccc(Cl)c1. The van der Waals surface area contributed by atoms with Crippen molar-refractivity contribution in [1.29, 1.82) is 0 Å². The molecule has 0 heterocycles. The summed E-state index contributed by atoms with van der Waals surface area (Å²) in [5.74, 6) is -0.242. The summed E-state index contributed by atoms with van der Waals surface area (Å²) in [7, 11) is 0. The van der Waals surface area contributed by atoms with Gasteiger partial charge < -0.3 is 10.2 Å². The maximum Gasteiger partial charge on any atom is 0.242 e. The van der Waals surface area contributed by atoms with Crippen molar-refractivity contribution >= 4 is 39.3 Å². The predicted octanol–water partition coefficient (Wildman–Crippen LogP) is 4.98. The van der Waals surface area contributed by atoms with E-state index in [0.29, 0.717) is 18.1 Å². The van der Waals surface area contributed by atoms with Crippen molar-refractivity contribution in [2.24, 2.45) is 0 Å². The van der Waals surface area contributed by atoms with Gasteiger partial charge in [0.05, 0.1) is 6.42 Å². The molecule has 2 aromatic rings. The summed E-state index contributed by atoms with van der Waals surface area (Å²) in [6, 6.07) is 14.5. The maximum absolute atomic E-state index is 13.1. The molecule has 0 saturated heterocycles. The molecule has 1 atom stereocenters. The fourth-order valence-corrected chi connectivity index (χ4v) is 3.31. The summed E-state index contributed by atoms with van der Waals surface area (Å²) in [5.41, 5.74) is 1.80. The van der Waals surface area contributed by atoms with Gasteiger partial charge in [0.1, 0.15) is 6.04 Å². The lowest BCUT2D eigenvalue weighted by atomic mass is 10.1. The van der Waals surface area contributed by atoms with Gasteiger partial charge in [0.25, 0.3) is 0 Å². The Morgan fingerprint density at radius 3 is 2.50 bits per heavy atom. The monoisotopic (exact) mass is 464 g/mol. The van der Waals surface area contributed by atoms with Crippen LogP contribution in [0.3, 0.4) is 0 Å². The van der Waals surface area contributed by atoms with Gasteiger partial charge in [-0.25, -0.2) is 0 Å². The number of rotatable bonds is 9. The van der Waals surface area contributed by atoms with Crippen LogP contribution in [0, 0.1) is 0 Å². The molecular weight excluding hydrogens is 440 g/mol. The second-order valence-electron chi connectivity index (χ2n) is 6.78. The molecule has 2 rings (SSSR count). The smallest absolute Gasteiger partial charge is 0.242 e. The van der Waals surface area contributed by atoms with Crippen LogP contribution in [0.4, 0.5) is 0 Å². The van der Waals surface area contributed by atoms with E-state index in [4.69, 9.17) is 11.6 Å². The molecule has 2 amide bonds. The minimum absolute atomic E-state index is 0.108. The van der Waals surface area contributed by atoms with Gasteiger partial charge in [-0.15, -0.1) is 0 Å². The first-order valence-electron chi connectivity index (χ1n) is 9.46. The Bertz CT molecular complexity index is 795. The second-order valence-corrected chi connectivity index (χ2v) is 8.13. The van der Waals surface area contributed by atoms with E-state index in [9.17, 15) is 9.59 Å². The van der Waals surface area contributed by atoms with E-state index in [1.807, 2.05) is 36.4 Å². The van der Waals surface area contributed by atoms with Crippen molar-refractivity contribution in [3.63, 3.8) is 0 Å². The molecule has 2 aromatic carbocycles. The number of carbonyl (C=O) groups excluding carboxylic acids is 2. The van der Waals surface area contributed by atoms with E-state index in [2.05, 4.69) is 28.2 Å². The first kappa shape index (κ1) is 22.4. The van der Waals surface area contributed by atoms with Crippen molar-refractivity contribution in [2.75, 3.05) is 6.54 Å². The minimum Gasteiger partial charge on any atom is -0.354 e. The molecule has 0 aromatic heterocycles. The Labute approximate surface area is 180 Å². The standard InChI is InChI=1S/C22H26BrClN2O2/c1-3-4-12-25-22(28)16(2)26(15-17-8-10-19(23)11-9-17)21(27)14-18-6-5-7-20(24)13-18/h5-11,13,16H,3-4,12,14-15H2,1-2H3,(H,25,28)/t16-/m1/s1. The molecule has 6 heteroatoms. The molecule has 0 bridgehead atoms. The third kappa shape index (κ3) is 6.95. The van der Waals surface area contributed by atoms with E-state index in [0.717, 1.165) is 28.4 Å². The molecule has 28 heavy (non-hydrogen) atoms. The summed E-state index contributed by atoms with van der Waals surface area (Å²) in [6.45, 7) is 4.84. The number of amides is 2. The summed E-state index contributed by atoms with van der Waals surface area (Å²) >= 11 is 9.46. The Morgan fingerprint density at radius 2 is 1.86 bits per heavy atom. The van der Waals surface area contributed by atoms with E-state index in [-0.39, 0.29) is 18.2 Å². The minimum atomic E-state index is -0.563. The third-order valence-electron chi connectivity index (χ3n) is 4.51. The molecular formula is C22H26BrClN2O2.